The number of nitrogens with zero attached hydrogens (tertiary/aromatic N) is 3. The molecular formula is C20H20N4O2. The van der Waals surface area contributed by atoms with Gasteiger partial charge in [-0.05, 0) is 42.0 Å². The lowest BCUT2D eigenvalue weighted by molar-refractivity contribution is 0.181. The highest BCUT2D eigenvalue weighted by atomic mass is 16.5. The third-order valence-electron chi connectivity index (χ3n) is 4.67. The molecule has 4 rings (SSSR count). The Balaban J connectivity index is 1.67. The second-order valence-corrected chi connectivity index (χ2v) is 6.13. The van der Waals surface area contributed by atoms with Crippen LogP contribution >= 0.6 is 0 Å². The Kier molecular flexibility index (Phi) is 4.31. The molecule has 6 nitrogen and oxygen atoms in total. The number of carbonyl (C=O) groups is 1. The van der Waals surface area contributed by atoms with Gasteiger partial charge in [0.25, 0.3) is 0 Å². The van der Waals surface area contributed by atoms with Crippen molar-refractivity contribution in [1.29, 1.82) is 0 Å². The largest absolute Gasteiger partial charge is 0.495 e. The molecule has 0 unspecified atom stereocenters. The molecule has 26 heavy (non-hydrogen) atoms. The van der Waals surface area contributed by atoms with E-state index in [0.29, 0.717) is 18.0 Å². The van der Waals surface area contributed by atoms with E-state index in [1.54, 1.807) is 19.5 Å². The lowest BCUT2D eigenvalue weighted by Gasteiger charge is -2.37. The van der Waals surface area contributed by atoms with Crippen LogP contribution in [0, 0.1) is 0 Å². The zero-order valence-corrected chi connectivity index (χ0v) is 14.5. The number of aromatic nitrogens is 2. The quantitative estimate of drug-likeness (QED) is 0.788. The van der Waals surface area contributed by atoms with Crippen molar-refractivity contribution in [2.24, 2.45) is 0 Å². The molecular weight excluding hydrogens is 328 g/mol. The van der Waals surface area contributed by atoms with Crippen molar-refractivity contribution in [1.82, 2.24) is 14.5 Å². The maximum absolute atomic E-state index is 13.1. The van der Waals surface area contributed by atoms with E-state index >= 15 is 0 Å². The third-order valence-corrected chi connectivity index (χ3v) is 4.67. The number of benzene rings is 1. The predicted octanol–water partition coefficient (Wildman–Crippen LogP) is 3.53. The number of amides is 2. The first-order valence-electron chi connectivity index (χ1n) is 8.53. The molecule has 1 aliphatic heterocycles. The van der Waals surface area contributed by atoms with E-state index in [1.807, 2.05) is 47.4 Å². The van der Waals surface area contributed by atoms with Crippen LogP contribution in [-0.2, 0) is 6.54 Å². The Morgan fingerprint density at radius 1 is 1.12 bits per heavy atom. The Bertz CT molecular complexity index is 907. The molecule has 0 radical (unpaired) electrons. The minimum Gasteiger partial charge on any atom is -0.495 e. The highest BCUT2D eigenvalue weighted by molar-refractivity contribution is 5.91. The second kappa shape index (κ2) is 6.92. The number of urea groups is 1. The van der Waals surface area contributed by atoms with Crippen LogP contribution < -0.4 is 10.1 Å². The molecule has 1 N–H and O–H groups in total. The number of anilines is 1. The van der Waals surface area contributed by atoms with Crippen molar-refractivity contribution < 1.29 is 9.53 Å². The molecule has 3 aromatic rings. The molecule has 0 spiro atoms. The van der Waals surface area contributed by atoms with Crippen molar-refractivity contribution >= 4 is 11.7 Å². The van der Waals surface area contributed by atoms with Gasteiger partial charge < -0.3 is 19.5 Å². The number of fused-ring (bicyclic) bond motifs is 1. The number of rotatable bonds is 3. The normalized spacial score (nSPS) is 16.0. The molecule has 1 atom stereocenters. The fourth-order valence-corrected chi connectivity index (χ4v) is 3.43. The number of carbonyl (C=O) groups excluding carboxylic acids is 1. The molecule has 1 aliphatic rings. The predicted molar refractivity (Wildman–Crippen MR) is 99.2 cm³/mol. The maximum atomic E-state index is 13.1. The van der Waals surface area contributed by atoms with Crippen LogP contribution in [0.2, 0.25) is 0 Å². The first-order valence-corrected chi connectivity index (χ1v) is 8.53. The van der Waals surface area contributed by atoms with E-state index in [-0.39, 0.29) is 12.1 Å². The highest BCUT2D eigenvalue weighted by Gasteiger charge is 2.32. The van der Waals surface area contributed by atoms with E-state index in [4.69, 9.17) is 4.74 Å². The highest BCUT2D eigenvalue weighted by Crippen LogP contribution is 2.33. The molecule has 6 heteroatoms. The summed E-state index contributed by atoms with van der Waals surface area (Å²) in [5, 5.41) is 2.99. The number of hydrogen-bond donors (Lipinski definition) is 1. The summed E-state index contributed by atoms with van der Waals surface area (Å²) in [6.07, 6.45) is 5.57. The lowest BCUT2D eigenvalue weighted by Crippen LogP contribution is -2.44. The monoisotopic (exact) mass is 348 g/mol. The summed E-state index contributed by atoms with van der Waals surface area (Å²) >= 11 is 0. The molecule has 0 fully saturated rings. The van der Waals surface area contributed by atoms with Crippen LogP contribution in [0.25, 0.3) is 0 Å². The molecule has 0 bridgehead atoms. The summed E-state index contributed by atoms with van der Waals surface area (Å²) in [6.45, 7) is 1.39. The van der Waals surface area contributed by atoms with Gasteiger partial charge in [0.1, 0.15) is 5.75 Å². The summed E-state index contributed by atoms with van der Waals surface area (Å²) in [5.41, 5.74) is 2.79. The Labute approximate surface area is 152 Å². The average Bonchev–Trinajstić information content (AvgIpc) is 3.17. The summed E-state index contributed by atoms with van der Waals surface area (Å²) in [5.74, 6) is 0.640. The van der Waals surface area contributed by atoms with Crippen LogP contribution in [0.4, 0.5) is 10.5 Å². The minimum absolute atomic E-state index is 0.149. The van der Waals surface area contributed by atoms with Crippen molar-refractivity contribution in [3.8, 4) is 5.75 Å². The standard InChI is InChI=1S/C20H20N4O2/c1-26-18-7-3-2-5-16(18)22-20(25)24-14-13-23-12-4-6-17(23)19(24)15-8-10-21-11-9-15/h2-12,19H,13-14H2,1H3,(H,22,25)/t19-/m0/s1. The molecule has 2 aromatic heterocycles. The smallest absolute Gasteiger partial charge is 0.322 e. The van der Waals surface area contributed by atoms with Gasteiger partial charge in [-0.3, -0.25) is 4.98 Å². The van der Waals surface area contributed by atoms with Gasteiger partial charge in [0.05, 0.1) is 18.8 Å². The third kappa shape index (κ3) is 2.90. The van der Waals surface area contributed by atoms with Gasteiger partial charge in [0.2, 0.25) is 0 Å². The molecule has 0 saturated carbocycles. The molecule has 1 aromatic carbocycles. The van der Waals surface area contributed by atoms with E-state index in [1.165, 1.54) is 0 Å². The number of para-hydroxylation sites is 2. The molecule has 0 saturated heterocycles. The molecule has 3 heterocycles. The van der Waals surface area contributed by atoms with Crippen molar-refractivity contribution in [3.63, 3.8) is 0 Å². The van der Waals surface area contributed by atoms with Gasteiger partial charge in [-0.1, -0.05) is 12.1 Å². The summed E-state index contributed by atoms with van der Waals surface area (Å²) < 4.78 is 7.54. The molecule has 132 valence electrons. The van der Waals surface area contributed by atoms with Gasteiger partial charge in [0.15, 0.2) is 0 Å². The summed E-state index contributed by atoms with van der Waals surface area (Å²) in [4.78, 5) is 19.0. The SMILES string of the molecule is COc1ccccc1NC(=O)N1CCn2cccc2[C@@H]1c1ccncc1. The van der Waals surface area contributed by atoms with Gasteiger partial charge >= 0.3 is 6.03 Å². The number of hydrogen-bond acceptors (Lipinski definition) is 3. The Morgan fingerprint density at radius 3 is 2.73 bits per heavy atom. The van der Waals surface area contributed by atoms with Crippen LogP contribution in [0.3, 0.4) is 0 Å². The van der Waals surface area contributed by atoms with E-state index in [2.05, 4.69) is 27.1 Å². The van der Waals surface area contributed by atoms with Crippen LogP contribution in [-0.4, -0.2) is 34.1 Å². The van der Waals surface area contributed by atoms with Gasteiger partial charge in [-0.2, -0.15) is 0 Å². The Hall–Kier alpha value is -3.28. The topological polar surface area (TPSA) is 59.4 Å². The number of ether oxygens (including phenoxy) is 1. The number of pyridine rings is 1. The second-order valence-electron chi connectivity index (χ2n) is 6.13. The molecule has 2 amide bonds. The van der Waals surface area contributed by atoms with Crippen LogP contribution in [0.5, 0.6) is 5.75 Å². The van der Waals surface area contributed by atoms with Crippen molar-refractivity contribution in [2.45, 2.75) is 12.6 Å². The van der Waals surface area contributed by atoms with Gasteiger partial charge in [0, 0.05) is 37.4 Å². The van der Waals surface area contributed by atoms with Gasteiger partial charge in [-0.15, -0.1) is 0 Å². The van der Waals surface area contributed by atoms with Crippen molar-refractivity contribution in [3.05, 3.63) is 78.4 Å². The zero-order valence-electron chi connectivity index (χ0n) is 14.5. The maximum Gasteiger partial charge on any atom is 0.322 e. The lowest BCUT2D eigenvalue weighted by atomic mass is 10.0. The van der Waals surface area contributed by atoms with Crippen molar-refractivity contribution in [2.75, 3.05) is 19.0 Å². The van der Waals surface area contributed by atoms with Gasteiger partial charge in [-0.25, -0.2) is 4.79 Å². The summed E-state index contributed by atoms with van der Waals surface area (Å²) in [7, 11) is 1.60. The van der Waals surface area contributed by atoms with E-state index in [0.717, 1.165) is 17.8 Å². The number of nitrogens with one attached hydrogen (secondary N) is 1. The average molecular weight is 348 g/mol. The van der Waals surface area contributed by atoms with E-state index in [9.17, 15) is 4.79 Å². The zero-order chi connectivity index (χ0) is 17.9. The summed E-state index contributed by atoms with van der Waals surface area (Å²) in [6, 6.07) is 15.1. The fraction of sp³-hybridized carbons (Fsp3) is 0.200. The van der Waals surface area contributed by atoms with Crippen LogP contribution in [0.15, 0.2) is 67.1 Å². The molecule has 0 aliphatic carbocycles. The first kappa shape index (κ1) is 16.2. The first-order chi connectivity index (χ1) is 12.8. The minimum atomic E-state index is -0.156. The fourth-order valence-electron chi connectivity index (χ4n) is 3.43. The number of methoxy groups -OCH3 is 1. The van der Waals surface area contributed by atoms with Crippen LogP contribution in [0.1, 0.15) is 17.3 Å². The van der Waals surface area contributed by atoms with E-state index < -0.39 is 0 Å². The Morgan fingerprint density at radius 2 is 1.92 bits per heavy atom.